The maximum absolute atomic E-state index is 10.8. The van der Waals surface area contributed by atoms with E-state index in [1.807, 2.05) is 0 Å². The molecule has 0 amide bonds. The summed E-state index contributed by atoms with van der Waals surface area (Å²) in [5.41, 5.74) is 0.601. The maximum atomic E-state index is 10.8. The molecule has 100 valence electrons. The molecule has 0 fully saturated rings. The largest absolute Gasteiger partial charge is 0.493 e. The second-order valence-electron chi connectivity index (χ2n) is 3.70. The first-order chi connectivity index (χ1) is 9.15. The molecule has 2 heterocycles. The summed E-state index contributed by atoms with van der Waals surface area (Å²) in [7, 11) is 3.06. The van der Waals surface area contributed by atoms with Gasteiger partial charge in [-0.2, -0.15) is 5.10 Å². The predicted octanol–water partition coefficient (Wildman–Crippen LogP) is 1.04. The number of ether oxygens (including phenoxy) is 2. The summed E-state index contributed by atoms with van der Waals surface area (Å²) in [5, 5.41) is 12.7. The fourth-order valence-electron chi connectivity index (χ4n) is 1.68. The van der Waals surface area contributed by atoms with Crippen LogP contribution in [-0.2, 0) is 6.54 Å². The Morgan fingerprint density at radius 1 is 1.37 bits per heavy atom. The first kappa shape index (κ1) is 12.9. The molecule has 0 saturated heterocycles. The van der Waals surface area contributed by atoms with Gasteiger partial charge in [-0.3, -0.25) is 9.67 Å². The van der Waals surface area contributed by atoms with Crippen LogP contribution >= 0.6 is 0 Å². The van der Waals surface area contributed by atoms with Gasteiger partial charge in [0.1, 0.15) is 5.69 Å². The van der Waals surface area contributed by atoms with Crippen LogP contribution in [0, 0.1) is 0 Å². The third kappa shape index (κ3) is 2.65. The van der Waals surface area contributed by atoms with Gasteiger partial charge in [-0.1, -0.05) is 0 Å². The molecule has 7 nitrogen and oxygen atoms in total. The van der Waals surface area contributed by atoms with Gasteiger partial charge in [-0.15, -0.1) is 0 Å². The summed E-state index contributed by atoms with van der Waals surface area (Å²) in [4.78, 5) is 14.9. The minimum atomic E-state index is -1.07. The molecule has 0 spiro atoms. The Kier molecular flexibility index (Phi) is 3.65. The zero-order chi connectivity index (χ0) is 13.8. The van der Waals surface area contributed by atoms with Gasteiger partial charge in [0.15, 0.2) is 17.2 Å². The summed E-state index contributed by atoms with van der Waals surface area (Å²) < 4.78 is 11.9. The third-order valence-electron chi connectivity index (χ3n) is 2.54. The fourth-order valence-corrected chi connectivity index (χ4v) is 1.68. The van der Waals surface area contributed by atoms with Crippen molar-refractivity contribution in [1.82, 2.24) is 14.8 Å². The SMILES string of the molecule is COc1ccnc(Cn2ccc(C(=O)O)n2)c1OC. The van der Waals surface area contributed by atoms with Crippen LogP contribution in [0.3, 0.4) is 0 Å². The topological polar surface area (TPSA) is 86.5 Å². The standard InChI is InChI=1S/C12H13N3O4/c1-18-10-3-5-13-9(11(10)19-2)7-15-6-4-8(14-15)12(16)17/h3-6H,7H2,1-2H3,(H,16,17). The van der Waals surface area contributed by atoms with E-state index in [1.54, 1.807) is 18.5 Å². The molecule has 2 rings (SSSR count). The van der Waals surface area contributed by atoms with Crippen molar-refractivity contribution in [2.45, 2.75) is 6.54 Å². The number of carbonyl (C=O) groups is 1. The van der Waals surface area contributed by atoms with Crippen molar-refractivity contribution in [1.29, 1.82) is 0 Å². The Balaban J connectivity index is 2.29. The number of nitrogens with zero attached hydrogens (tertiary/aromatic N) is 3. The average Bonchev–Trinajstić information content (AvgIpc) is 2.87. The normalized spacial score (nSPS) is 10.2. The molecule has 2 aromatic rings. The molecule has 0 aliphatic rings. The molecule has 0 aliphatic carbocycles. The highest BCUT2D eigenvalue weighted by Gasteiger charge is 2.13. The molecule has 2 aromatic heterocycles. The van der Waals surface area contributed by atoms with Crippen molar-refractivity contribution in [3.63, 3.8) is 0 Å². The summed E-state index contributed by atoms with van der Waals surface area (Å²) in [6, 6.07) is 3.11. The lowest BCUT2D eigenvalue weighted by atomic mass is 10.3. The van der Waals surface area contributed by atoms with Crippen LogP contribution in [0.4, 0.5) is 0 Å². The first-order valence-corrected chi connectivity index (χ1v) is 5.48. The van der Waals surface area contributed by atoms with Gasteiger partial charge in [-0.25, -0.2) is 4.79 Å². The molecule has 0 radical (unpaired) electrons. The number of methoxy groups -OCH3 is 2. The zero-order valence-electron chi connectivity index (χ0n) is 10.5. The third-order valence-corrected chi connectivity index (χ3v) is 2.54. The van der Waals surface area contributed by atoms with E-state index < -0.39 is 5.97 Å². The highest BCUT2D eigenvalue weighted by Crippen LogP contribution is 2.29. The van der Waals surface area contributed by atoms with Crippen LogP contribution < -0.4 is 9.47 Å². The molecule has 1 N–H and O–H groups in total. The highest BCUT2D eigenvalue weighted by atomic mass is 16.5. The van der Waals surface area contributed by atoms with Gasteiger partial charge >= 0.3 is 5.97 Å². The van der Waals surface area contributed by atoms with Gasteiger partial charge < -0.3 is 14.6 Å². The highest BCUT2D eigenvalue weighted by molar-refractivity contribution is 5.85. The lowest BCUT2D eigenvalue weighted by molar-refractivity contribution is 0.0689. The minimum absolute atomic E-state index is 0.0122. The summed E-state index contributed by atoms with van der Waals surface area (Å²) >= 11 is 0. The van der Waals surface area contributed by atoms with E-state index in [9.17, 15) is 4.79 Å². The van der Waals surface area contributed by atoms with Crippen LogP contribution in [-0.4, -0.2) is 40.1 Å². The number of aromatic nitrogens is 3. The first-order valence-electron chi connectivity index (χ1n) is 5.48. The monoisotopic (exact) mass is 263 g/mol. The van der Waals surface area contributed by atoms with Crippen molar-refractivity contribution in [2.24, 2.45) is 0 Å². The molecule has 7 heteroatoms. The molecular weight excluding hydrogens is 250 g/mol. The Morgan fingerprint density at radius 3 is 2.74 bits per heavy atom. The maximum Gasteiger partial charge on any atom is 0.356 e. The van der Waals surface area contributed by atoms with Crippen molar-refractivity contribution in [3.05, 3.63) is 35.9 Å². The van der Waals surface area contributed by atoms with E-state index in [0.717, 1.165) is 0 Å². The van der Waals surface area contributed by atoms with Crippen molar-refractivity contribution >= 4 is 5.97 Å². The Hall–Kier alpha value is -2.57. The second-order valence-corrected chi connectivity index (χ2v) is 3.70. The minimum Gasteiger partial charge on any atom is -0.493 e. The molecule has 0 atom stereocenters. The Morgan fingerprint density at radius 2 is 2.16 bits per heavy atom. The van der Waals surface area contributed by atoms with E-state index in [4.69, 9.17) is 14.6 Å². The molecule has 0 bridgehead atoms. The number of carboxylic acids is 1. The quantitative estimate of drug-likeness (QED) is 0.867. The molecule has 0 aliphatic heterocycles. The summed E-state index contributed by atoms with van der Waals surface area (Å²) in [6.07, 6.45) is 3.17. The fraction of sp³-hybridized carbons (Fsp3) is 0.250. The van der Waals surface area contributed by atoms with Crippen LogP contribution in [0.25, 0.3) is 0 Å². The van der Waals surface area contributed by atoms with Gasteiger partial charge in [0.25, 0.3) is 0 Å². The molecular formula is C12H13N3O4. The number of pyridine rings is 1. The average molecular weight is 263 g/mol. The summed E-state index contributed by atoms with van der Waals surface area (Å²) in [5.74, 6) is 0.0137. The number of carboxylic acid groups (broad SMARTS) is 1. The van der Waals surface area contributed by atoms with Crippen molar-refractivity contribution in [2.75, 3.05) is 14.2 Å². The molecule has 0 unspecified atom stereocenters. The Labute approximate surface area is 109 Å². The second kappa shape index (κ2) is 5.38. The van der Waals surface area contributed by atoms with Crippen LogP contribution in [0.15, 0.2) is 24.5 Å². The van der Waals surface area contributed by atoms with Gasteiger partial charge in [0, 0.05) is 18.5 Å². The lowest BCUT2D eigenvalue weighted by Gasteiger charge is -2.11. The van der Waals surface area contributed by atoms with E-state index in [0.29, 0.717) is 23.7 Å². The lowest BCUT2D eigenvalue weighted by Crippen LogP contribution is -2.07. The number of hydrogen-bond acceptors (Lipinski definition) is 5. The van der Waals surface area contributed by atoms with Gasteiger partial charge in [0.05, 0.1) is 20.8 Å². The zero-order valence-corrected chi connectivity index (χ0v) is 10.5. The van der Waals surface area contributed by atoms with Crippen LogP contribution in [0.5, 0.6) is 11.5 Å². The van der Waals surface area contributed by atoms with Crippen LogP contribution in [0.2, 0.25) is 0 Å². The predicted molar refractivity (Wildman–Crippen MR) is 65.6 cm³/mol. The van der Waals surface area contributed by atoms with Crippen LogP contribution in [0.1, 0.15) is 16.2 Å². The van der Waals surface area contributed by atoms with E-state index in [1.165, 1.54) is 25.0 Å². The number of aromatic carboxylic acids is 1. The number of hydrogen-bond donors (Lipinski definition) is 1. The van der Waals surface area contributed by atoms with E-state index in [2.05, 4.69) is 10.1 Å². The van der Waals surface area contributed by atoms with E-state index >= 15 is 0 Å². The smallest absolute Gasteiger partial charge is 0.356 e. The van der Waals surface area contributed by atoms with Gasteiger partial charge in [0.2, 0.25) is 0 Å². The van der Waals surface area contributed by atoms with E-state index in [-0.39, 0.29) is 5.69 Å². The van der Waals surface area contributed by atoms with Crippen molar-refractivity contribution < 1.29 is 19.4 Å². The molecule has 0 aromatic carbocycles. The van der Waals surface area contributed by atoms with Gasteiger partial charge in [-0.05, 0) is 6.07 Å². The van der Waals surface area contributed by atoms with Crippen molar-refractivity contribution in [3.8, 4) is 11.5 Å². The molecule has 0 saturated carbocycles. The Bertz CT molecular complexity index is 594. The number of rotatable bonds is 5. The molecule has 19 heavy (non-hydrogen) atoms. The summed E-state index contributed by atoms with van der Waals surface area (Å²) in [6.45, 7) is 0.299.